The van der Waals surface area contributed by atoms with Crippen LogP contribution in [0, 0.1) is 5.82 Å². The summed E-state index contributed by atoms with van der Waals surface area (Å²) in [5, 5.41) is 3.19. The third-order valence-corrected chi connectivity index (χ3v) is 5.28. The van der Waals surface area contributed by atoms with E-state index in [1.165, 1.54) is 17.7 Å². The minimum Gasteiger partial charge on any atom is -0.381 e. The van der Waals surface area contributed by atoms with E-state index in [0.29, 0.717) is 31.6 Å². The fourth-order valence-electron chi connectivity index (χ4n) is 3.50. The lowest BCUT2D eigenvalue weighted by Crippen LogP contribution is -2.38. The number of hydrogen-bond donors (Lipinski definition) is 2. The van der Waals surface area contributed by atoms with Crippen LogP contribution in [0.3, 0.4) is 0 Å². The summed E-state index contributed by atoms with van der Waals surface area (Å²) in [6.07, 6.45) is 1.69. The number of hydrogen-bond acceptors (Lipinski definition) is 2. The van der Waals surface area contributed by atoms with E-state index in [1.54, 1.807) is 0 Å². The first-order valence-electron chi connectivity index (χ1n) is 9.49. The summed E-state index contributed by atoms with van der Waals surface area (Å²) in [5.41, 5.74) is 9.26. The zero-order chi connectivity index (χ0) is 19.3. The first kappa shape index (κ1) is 19.4. The molecule has 0 saturated carbocycles. The van der Waals surface area contributed by atoms with E-state index >= 15 is 0 Å². The lowest BCUT2D eigenvalue weighted by molar-refractivity contribution is 0.0531. The molecule has 0 bridgehead atoms. The van der Waals surface area contributed by atoms with Crippen molar-refractivity contribution in [3.8, 4) is 0 Å². The molecule has 1 saturated heterocycles. The van der Waals surface area contributed by atoms with Crippen molar-refractivity contribution in [2.24, 2.45) is 10.7 Å². The Bertz CT molecular complexity index is 780. The highest BCUT2D eigenvalue weighted by Crippen LogP contribution is 2.35. The number of guanidine groups is 1. The number of nitrogens with one attached hydrogen (secondary N) is 1. The summed E-state index contributed by atoms with van der Waals surface area (Å²) >= 11 is 0. The molecule has 144 valence electrons. The maximum atomic E-state index is 13.3. The average molecular weight is 369 g/mol. The van der Waals surface area contributed by atoms with E-state index in [-0.39, 0.29) is 11.2 Å². The van der Waals surface area contributed by atoms with Gasteiger partial charge in [0, 0.05) is 24.3 Å². The van der Waals surface area contributed by atoms with Crippen molar-refractivity contribution in [1.82, 2.24) is 0 Å². The quantitative estimate of drug-likeness (QED) is 0.606. The molecule has 0 spiro atoms. The molecule has 0 atom stereocenters. The molecule has 3 rings (SSSR count). The number of aliphatic imine (C=N–C) groups is 1. The van der Waals surface area contributed by atoms with Crippen molar-refractivity contribution in [3.63, 3.8) is 0 Å². The lowest BCUT2D eigenvalue weighted by atomic mass is 9.74. The average Bonchev–Trinajstić information content (AvgIpc) is 2.68. The molecule has 1 fully saturated rings. The molecule has 1 aliphatic rings. The molecule has 0 radical (unpaired) electrons. The molecule has 27 heavy (non-hydrogen) atoms. The fraction of sp³-hybridized carbons (Fsp3) is 0.409. The molecule has 0 aromatic heterocycles. The van der Waals surface area contributed by atoms with Crippen LogP contribution in [0.4, 0.5) is 10.1 Å². The zero-order valence-corrected chi connectivity index (χ0v) is 16.0. The molecule has 0 aliphatic carbocycles. The summed E-state index contributed by atoms with van der Waals surface area (Å²) in [6, 6.07) is 14.9. The third-order valence-electron chi connectivity index (χ3n) is 5.28. The van der Waals surface area contributed by atoms with E-state index in [1.807, 2.05) is 24.3 Å². The number of anilines is 1. The van der Waals surface area contributed by atoms with Crippen molar-refractivity contribution < 1.29 is 9.13 Å². The second-order valence-corrected chi connectivity index (χ2v) is 7.51. The second kappa shape index (κ2) is 8.53. The Morgan fingerprint density at radius 2 is 1.89 bits per heavy atom. The summed E-state index contributed by atoms with van der Waals surface area (Å²) in [4.78, 5) is 4.62. The maximum Gasteiger partial charge on any atom is 0.193 e. The third kappa shape index (κ3) is 4.86. The zero-order valence-electron chi connectivity index (χ0n) is 16.0. The van der Waals surface area contributed by atoms with Crippen molar-refractivity contribution in [3.05, 3.63) is 65.5 Å². The molecule has 1 aliphatic heterocycles. The van der Waals surface area contributed by atoms with Gasteiger partial charge in [0.1, 0.15) is 5.82 Å². The predicted octanol–water partition coefficient (Wildman–Crippen LogP) is 4.42. The normalized spacial score (nSPS) is 17.1. The minimum atomic E-state index is -0.226. The van der Waals surface area contributed by atoms with Crippen LogP contribution in [0.25, 0.3) is 0 Å². The minimum absolute atomic E-state index is 0.169. The largest absolute Gasteiger partial charge is 0.381 e. The highest BCUT2D eigenvalue weighted by atomic mass is 19.1. The van der Waals surface area contributed by atoms with Crippen LogP contribution in [0.1, 0.15) is 43.7 Å². The van der Waals surface area contributed by atoms with Crippen LogP contribution in [-0.2, 0) is 10.2 Å². The van der Waals surface area contributed by atoms with Crippen LogP contribution < -0.4 is 11.1 Å². The van der Waals surface area contributed by atoms with Crippen molar-refractivity contribution in [2.75, 3.05) is 25.1 Å². The van der Waals surface area contributed by atoms with Gasteiger partial charge in [0.2, 0.25) is 0 Å². The number of nitrogens with zero attached hydrogens (tertiary/aromatic N) is 1. The maximum absolute atomic E-state index is 13.3. The Morgan fingerprint density at radius 1 is 1.19 bits per heavy atom. The van der Waals surface area contributed by atoms with E-state index in [0.717, 1.165) is 24.1 Å². The van der Waals surface area contributed by atoms with Gasteiger partial charge >= 0.3 is 0 Å². The standard InChI is InChI=1S/C22H28FN3O/c1-16(2)17-4-3-5-20(14-17)26-21(24)25-15-22(10-12-27-13-11-22)18-6-8-19(23)9-7-18/h3-9,14,16H,10-13,15H2,1-2H3,(H3,24,25,26). The number of ether oxygens (including phenoxy) is 1. The lowest BCUT2D eigenvalue weighted by Gasteiger charge is -2.36. The van der Waals surface area contributed by atoms with E-state index in [2.05, 4.69) is 36.3 Å². The van der Waals surface area contributed by atoms with Crippen molar-refractivity contribution in [1.29, 1.82) is 0 Å². The summed E-state index contributed by atoms with van der Waals surface area (Å²) in [7, 11) is 0. The second-order valence-electron chi connectivity index (χ2n) is 7.51. The molecule has 1 heterocycles. The molecule has 5 heteroatoms. The first-order valence-corrected chi connectivity index (χ1v) is 9.49. The summed E-state index contributed by atoms with van der Waals surface area (Å²) in [5.74, 6) is 0.619. The molecular weight excluding hydrogens is 341 g/mol. The van der Waals surface area contributed by atoms with Crippen LogP contribution in [-0.4, -0.2) is 25.7 Å². The van der Waals surface area contributed by atoms with Gasteiger partial charge in [-0.3, -0.25) is 4.99 Å². The predicted molar refractivity (Wildman–Crippen MR) is 109 cm³/mol. The van der Waals surface area contributed by atoms with Crippen molar-refractivity contribution >= 4 is 11.6 Å². The van der Waals surface area contributed by atoms with Gasteiger partial charge in [-0.25, -0.2) is 4.39 Å². The van der Waals surface area contributed by atoms with Gasteiger partial charge in [0.05, 0.1) is 6.54 Å². The Kier molecular flexibility index (Phi) is 6.11. The fourth-order valence-corrected chi connectivity index (χ4v) is 3.50. The van der Waals surface area contributed by atoms with Gasteiger partial charge in [-0.15, -0.1) is 0 Å². The number of halogens is 1. The number of nitrogens with two attached hydrogens (primary N) is 1. The Balaban J connectivity index is 1.76. The van der Waals surface area contributed by atoms with Gasteiger partial charge in [0.25, 0.3) is 0 Å². The molecular formula is C22H28FN3O. The summed E-state index contributed by atoms with van der Waals surface area (Å²) in [6.45, 7) is 6.22. The summed E-state index contributed by atoms with van der Waals surface area (Å²) < 4.78 is 18.9. The Labute approximate surface area is 160 Å². The Morgan fingerprint density at radius 3 is 2.56 bits per heavy atom. The highest BCUT2D eigenvalue weighted by Gasteiger charge is 2.34. The first-order chi connectivity index (χ1) is 13.0. The number of benzene rings is 2. The van der Waals surface area contributed by atoms with E-state index in [9.17, 15) is 4.39 Å². The van der Waals surface area contributed by atoms with Gasteiger partial charge < -0.3 is 15.8 Å². The van der Waals surface area contributed by atoms with Gasteiger partial charge in [-0.05, 0) is 54.2 Å². The highest BCUT2D eigenvalue weighted by molar-refractivity contribution is 5.92. The molecule has 3 N–H and O–H groups in total. The smallest absolute Gasteiger partial charge is 0.193 e. The topological polar surface area (TPSA) is 59.6 Å². The van der Waals surface area contributed by atoms with Gasteiger partial charge in [-0.1, -0.05) is 38.1 Å². The molecule has 0 amide bonds. The van der Waals surface area contributed by atoms with Crippen LogP contribution in [0.15, 0.2) is 53.5 Å². The van der Waals surface area contributed by atoms with E-state index < -0.39 is 0 Å². The number of rotatable bonds is 5. The molecule has 0 unspecified atom stereocenters. The molecule has 4 nitrogen and oxygen atoms in total. The van der Waals surface area contributed by atoms with Crippen LogP contribution in [0.5, 0.6) is 0 Å². The van der Waals surface area contributed by atoms with Crippen LogP contribution in [0.2, 0.25) is 0 Å². The van der Waals surface area contributed by atoms with E-state index in [4.69, 9.17) is 10.5 Å². The Hall–Kier alpha value is -2.40. The monoisotopic (exact) mass is 369 g/mol. The van der Waals surface area contributed by atoms with Gasteiger partial charge in [0.15, 0.2) is 5.96 Å². The van der Waals surface area contributed by atoms with Crippen molar-refractivity contribution in [2.45, 2.75) is 38.0 Å². The molecule has 2 aromatic rings. The molecule has 2 aromatic carbocycles. The SMILES string of the molecule is CC(C)c1cccc(NC(N)=NCC2(c3ccc(F)cc3)CCOCC2)c1. The van der Waals surface area contributed by atoms with Gasteiger partial charge in [-0.2, -0.15) is 0 Å². The van der Waals surface area contributed by atoms with Crippen LogP contribution >= 0.6 is 0 Å².